The van der Waals surface area contributed by atoms with Crippen molar-refractivity contribution >= 4 is 5.97 Å². The van der Waals surface area contributed by atoms with E-state index < -0.39 is 0 Å². The predicted octanol–water partition coefficient (Wildman–Crippen LogP) is 4.91. The monoisotopic (exact) mass is 400 g/mol. The summed E-state index contributed by atoms with van der Waals surface area (Å²) >= 11 is 0. The molecular weight excluding hydrogens is 354 g/mol. The Morgan fingerprint density at radius 3 is 1.75 bits per heavy atom. The summed E-state index contributed by atoms with van der Waals surface area (Å²) in [6, 6.07) is 0. The van der Waals surface area contributed by atoms with Gasteiger partial charge in [-0.1, -0.05) is 75.3 Å². The molecule has 5 nitrogen and oxygen atoms in total. The molecule has 0 fully saturated rings. The van der Waals surface area contributed by atoms with Crippen LogP contribution in [0, 0.1) is 0 Å². The molecule has 2 N–H and O–H groups in total. The van der Waals surface area contributed by atoms with Crippen LogP contribution in [0.15, 0.2) is 12.2 Å². The van der Waals surface area contributed by atoms with Crippen molar-refractivity contribution < 1.29 is 24.5 Å². The van der Waals surface area contributed by atoms with Gasteiger partial charge in [-0.05, 0) is 36.8 Å². The highest BCUT2D eigenvalue weighted by molar-refractivity contribution is 5.68. The van der Waals surface area contributed by atoms with E-state index in [4.69, 9.17) is 15.1 Å². The van der Waals surface area contributed by atoms with Crippen LogP contribution >= 0.6 is 0 Å². The lowest BCUT2D eigenvalue weighted by atomic mass is 10.1. The minimum absolute atomic E-state index is 0.0586. The lowest BCUT2D eigenvalue weighted by molar-refractivity contribution is -1.07. The number of unbranched alkanes of at least 4 members (excludes halogenated alkanes) is 11. The lowest BCUT2D eigenvalue weighted by Crippen LogP contribution is -2.49. The molecule has 0 bridgehead atoms. The first kappa shape index (κ1) is 27.1. The van der Waals surface area contributed by atoms with Gasteiger partial charge in [0.2, 0.25) is 0 Å². The van der Waals surface area contributed by atoms with Crippen molar-refractivity contribution in [2.24, 2.45) is 0 Å². The van der Waals surface area contributed by atoms with E-state index >= 15 is 0 Å². The van der Waals surface area contributed by atoms with E-state index in [9.17, 15) is 4.79 Å². The molecule has 0 spiro atoms. The molecule has 0 rings (SSSR count). The summed E-state index contributed by atoms with van der Waals surface area (Å²) < 4.78 is -0.0586. The highest BCUT2D eigenvalue weighted by atomic mass is 16.7. The number of carbonyl (C=O) groups excluding carboxylic acids is 1. The Bertz CT molecular complexity index is 379. The first-order chi connectivity index (χ1) is 13.6. The fourth-order valence-corrected chi connectivity index (χ4v) is 3.26. The van der Waals surface area contributed by atoms with Gasteiger partial charge in [-0.2, -0.15) is 0 Å². The van der Waals surface area contributed by atoms with Crippen molar-refractivity contribution in [1.82, 2.24) is 0 Å². The van der Waals surface area contributed by atoms with Crippen LogP contribution in [-0.4, -0.2) is 54.2 Å². The number of quaternary nitrogens is 1. The first-order valence-electron chi connectivity index (χ1n) is 11.5. The second-order valence-electron chi connectivity index (χ2n) is 7.99. The van der Waals surface area contributed by atoms with E-state index in [1.165, 1.54) is 57.8 Å². The van der Waals surface area contributed by atoms with Crippen LogP contribution in [0.2, 0.25) is 0 Å². The highest BCUT2D eigenvalue weighted by Crippen LogP contribution is 2.11. The maximum Gasteiger partial charge on any atom is 0.638 e. The second kappa shape index (κ2) is 19.4. The van der Waals surface area contributed by atoms with E-state index in [-0.39, 0.29) is 23.8 Å². The number of nitrogens with zero attached hydrogens (tertiary/aromatic N) is 1. The second-order valence-corrected chi connectivity index (χ2v) is 7.99. The molecule has 0 aromatic carbocycles. The topological polar surface area (TPSA) is 69.6 Å². The number of hydroxylamine groups is 3. The molecule has 0 aromatic rings. The Morgan fingerprint density at radius 1 is 0.786 bits per heavy atom. The van der Waals surface area contributed by atoms with Gasteiger partial charge in [0.1, 0.15) is 13.5 Å². The number of carbonyl (C=O) groups is 1. The summed E-state index contributed by atoms with van der Waals surface area (Å²) in [5.41, 5.74) is 0. The third-order valence-electron chi connectivity index (χ3n) is 5.11. The van der Waals surface area contributed by atoms with Crippen LogP contribution in [0.3, 0.4) is 0 Å². The number of likely N-dealkylation sites (N-methyl/N-ethyl adjacent to an activating group) is 1. The summed E-state index contributed by atoms with van der Waals surface area (Å²) in [5, 5.41) is 18.1. The number of aliphatic hydroxyl groups is 2. The molecule has 0 aliphatic carbocycles. The zero-order chi connectivity index (χ0) is 20.9. The van der Waals surface area contributed by atoms with Crippen molar-refractivity contribution in [1.29, 1.82) is 0 Å². The minimum atomic E-state index is -0.248. The van der Waals surface area contributed by atoms with E-state index in [1.807, 2.05) is 0 Å². The zero-order valence-electron chi connectivity index (χ0n) is 18.5. The van der Waals surface area contributed by atoms with E-state index in [2.05, 4.69) is 19.1 Å². The summed E-state index contributed by atoms with van der Waals surface area (Å²) in [6.45, 7) is 2.72. The Labute approximate surface area is 173 Å². The fraction of sp³-hybridized carbons (Fsp3) is 0.870. The van der Waals surface area contributed by atoms with Crippen LogP contribution in [0.1, 0.15) is 96.8 Å². The summed E-state index contributed by atoms with van der Waals surface area (Å²) in [7, 11) is 1.71. The molecule has 0 aliphatic heterocycles. The van der Waals surface area contributed by atoms with Gasteiger partial charge in [-0.3, -0.25) is 0 Å². The Kier molecular flexibility index (Phi) is 18.8. The minimum Gasteiger partial charge on any atom is -0.390 e. The molecular formula is C23H46NO4+2. The molecule has 0 aliphatic rings. The van der Waals surface area contributed by atoms with Crippen molar-refractivity contribution in [3.8, 4) is 0 Å². The Morgan fingerprint density at radius 2 is 1.25 bits per heavy atom. The number of allylic oxidation sites excluding steroid dienone is 2. The summed E-state index contributed by atoms with van der Waals surface area (Å²) in [4.78, 5) is 17.3. The quantitative estimate of drug-likeness (QED) is 0.100. The molecule has 1 radical (unpaired) electrons. The van der Waals surface area contributed by atoms with Crippen molar-refractivity contribution in [2.75, 3.05) is 33.4 Å². The van der Waals surface area contributed by atoms with Gasteiger partial charge in [0.25, 0.3) is 0 Å². The average Bonchev–Trinajstić information content (AvgIpc) is 2.65. The van der Waals surface area contributed by atoms with Crippen LogP contribution in [0.25, 0.3) is 0 Å². The molecule has 0 saturated carbocycles. The van der Waals surface area contributed by atoms with Gasteiger partial charge >= 0.3 is 5.97 Å². The van der Waals surface area contributed by atoms with Gasteiger partial charge in [0.15, 0.2) is 13.1 Å². The predicted molar refractivity (Wildman–Crippen MR) is 116 cm³/mol. The molecule has 28 heavy (non-hydrogen) atoms. The third kappa shape index (κ3) is 17.2. The smallest absolute Gasteiger partial charge is 0.390 e. The fourth-order valence-electron chi connectivity index (χ4n) is 3.26. The number of hydrogen-bond donors (Lipinski definition) is 2. The van der Waals surface area contributed by atoms with Gasteiger partial charge in [0.05, 0.1) is 18.0 Å². The molecule has 0 aromatic heterocycles. The number of hydrogen-bond acceptors (Lipinski definition) is 4. The molecule has 0 heterocycles. The Hall–Kier alpha value is -0.910. The van der Waals surface area contributed by atoms with E-state index in [0.717, 1.165) is 25.7 Å². The van der Waals surface area contributed by atoms with Crippen LogP contribution in [0.4, 0.5) is 0 Å². The van der Waals surface area contributed by atoms with Crippen molar-refractivity contribution in [3.63, 3.8) is 0 Å². The maximum atomic E-state index is 11.9. The van der Waals surface area contributed by atoms with Crippen LogP contribution in [-0.2, 0) is 9.63 Å². The molecule has 165 valence electrons. The van der Waals surface area contributed by atoms with Crippen molar-refractivity contribution in [2.45, 2.75) is 96.8 Å². The zero-order valence-corrected chi connectivity index (χ0v) is 18.5. The molecule has 0 atom stereocenters. The van der Waals surface area contributed by atoms with Gasteiger partial charge in [-0.15, -0.1) is 0 Å². The first-order valence-corrected chi connectivity index (χ1v) is 11.5. The Balaban J connectivity index is 3.51. The largest absolute Gasteiger partial charge is 0.638 e. The molecule has 0 amide bonds. The lowest BCUT2D eigenvalue weighted by Gasteiger charge is -2.21. The maximum absolute atomic E-state index is 11.9. The molecule has 5 heteroatoms. The summed E-state index contributed by atoms with van der Waals surface area (Å²) in [5.74, 6) is -0.248. The van der Waals surface area contributed by atoms with Gasteiger partial charge in [0, 0.05) is 0 Å². The van der Waals surface area contributed by atoms with Crippen molar-refractivity contribution in [3.05, 3.63) is 12.2 Å². The van der Waals surface area contributed by atoms with Gasteiger partial charge in [-0.25, -0.2) is 0 Å². The van der Waals surface area contributed by atoms with E-state index in [0.29, 0.717) is 19.5 Å². The van der Waals surface area contributed by atoms with Crippen LogP contribution in [0.5, 0.6) is 0 Å². The van der Waals surface area contributed by atoms with E-state index in [1.54, 1.807) is 7.05 Å². The average molecular weight is 401 g/mol. The SMILES string of the molecule is CCCCCCCC/C=C\CCCCCCCC(=[O+])O[N+](C)(CCO)CCO. The normalized spacial score (nSPS) is 12.0. The molecule has 0 unspecified atom stereocenters. The summed E-state index contributed by atoms with van der Waals surface area (Å²) in [6.07, 6.45) is 21.1. The highest BCUT2D eigenvalue weighted by Gasteiger charge is 2.36. The van der Waals surface area contributed by atoms with Crippen LogP contribution < -0.4 is 0 Å². The number of aliphatic hydroxyl groups excluding tert-OH is 2. The standard InChI is InChI=1S/C23H46NO4/c1-3-4-5-6-7-8-9-10-11-12-13-14-15-16-17-18-23(27)28-24(2,19-21-25)20-22-26/h10-11,25-26H,3-9,12-22H2,1-2H3/q+2/b11-10-. The number of rotatable bonds is 20. The molecule has 0 saturated heterocycles. The van der Waals surface area contributed by atoms with Gasteiger partial charge < -0.3 is 10.2 Å². The third-order valence-corrected chi connectivity index (χ3v) is 5.11.